The van der Waals surface area contributed by atoms with Crippen molar-refractivity contribution >= 4 is 33.0 Å². The molecule has 4 nitrogen and oxygen atoms in total. The second-order valence-electron chi connectivity index (χ2n) is 4.10. The average molecular weight is 347 g/mol. The summed E-state index contributed by atoms with van der Waals surface area (Å²) in [6.45, 7) is 0. The fourth-order valence-corrected chi connectivity index (χ4v) is 3.72. The normalized spacial score (nSPS) is 11.2. The monoisotopic (exact) mass is 346 g/mol. The zero-order chi connectivity index (χ0) is 15.6. The van der Waals surface area contributed by atoms with Gasteiger partial charge in [-0.2, -0.15) is 0 Å². The maximum absolute atomic E-state index is 12.5. The molecule has 2 aromatic carbocycles. The van der Waals surface area contributed by atoms with Gasteiger partial charge in [-0.1, -0.05) is 23.2 Å². The van der Waals surface area contributed by atoms with Gasteiger partial charge >= 0.3 is 0 Å². The Morgan fingerprint density at radius 2 is 1.19 bits per heavy atom. The summed E-state index contributed by atoms with van der Waals surface area (Å²) in [6, 6.07) is 8.54. The number of methoxy groups -OCH3 is 2. The number of ether oxygens (including phenoxy) is 2. The summed E-state index contributed by atoms with van der Waals surface area (Å²) in [6.07, 6.45) is 0. The molecule has 0 aromatic heterocycles. The Kier molecular flexibility index (Phi) is 4.66. The first-order chi connectivity index (χ1) is 9.90. The number of rotatable bonds is 4. The van der Waals surface area contributed by atoms with Gasteiger partial charge in [0.1, 0.15) is 11.5 Å². The molecule has 0 radical (unpaired) electrons. The van der Waals surface area contributed by atoms with Crippen molar-refractivity contribution in [2.45, 2.75) is 9.79 Å². The second-order valence-corrected chi connectivity index (χ2v) is 6.86. The predicted molar refractivity (Wildman–Crippen MR) is 81.5 cm³/mol. The fourth-order valence-electron chi connectivity index (χ4n) is 1.76. The van der Waals surface area contributed by atoms with E-state index in [1.807, 2.05) is 0 Å². The van der Waals surface area contributed by atoms with E-state index in [2.05, 4.69) is 0 Å². The summed E-state index contributed by atoms with van der Waals surface area (Å²) in [7, 11) is -0.800. The van der Waals surface area contributed by atoms with Crippen LogP contribution in [0.1, 0.15) is 0 Å². The molecule has 2 aromatic rings. The smallest absolute Gasteiger partial charge is 0.206 e. The Morgan fingerprint density at radius 3 is 1.48 bits per heavy atom. The van der Waals surface area contributed by atoms with Crippen molar-refractivity contribution in [2.75, 3.05) is 14.2 Å². The molecule has 112 valence electrons. The number of sulfone groups is 1. The molecule has 0 amide bonds. The third-order valence-corrected chi connectivity index (χ3v) is 5.21. The molecule has 0 atom stereocenters. The van der Waals surface area contributed by atoms with Gasteiger partial charge in [-0.25, -0.2) is 8.42 Å². The van der Waals surface area contributed by atoms with Gasteiger partial charge in [0.15, 0.2) is 0 Å². The minimum Gasteiger partial charge on any atom is -0.495 e. The van der Waals surface area contributed by atoms with Crippen LogP contribution in [0.2, 0.25) is 10.0 Å². The van der Waals surface area contributed by atoms with Crippen LogP contribution >= 0.6 is 23.2 Å². The zero-order valence-corrected chi connectivity index (χ0v) is 13.6. The first-order valence-corrected chi connectivity index (χ1v) is 8.06. The van der Waals surface area contributed by atoms with E-state index in [4.69, 9.17) is 32.7 Å². The van der Waals surface area contributed by atoms with E-state index in [1.165, 1.54) is 50.6 Å². The molecule has 0 aliphatic rings. The van der Waals surface area contributed by atoms with Gasteiger partial charge < -0.3 is 9.47 Å². The molecule has 7 heteroatoms. The molecule has 0 fully saturated rings. The van der Waals surface area contributed by atoms with Gasteiger partial charge in [0.05, 0.1) is 34.1 Å². The molecule has 0 aliphatic heterocycles. The van der Waals surface area contributed by atoms with Crippen LogP contribution < -0.4 is 9.47 Å². The number of hydrogen-bond donors (Lipinski definition) is 0. The highest BCUT2D eigenvalue weighted by molar-refractivity contribution is 7.91. The lowest BCUT2D eigenvalue weighted by molar-refractivity contribution is 0.414. The molecule has 0 saturated heterocycles. The Morgan fingerprint density at radius 1 is 0.810 bits per heavy atom. The van der Waals surface area contributed by atoms with Crippen LogP contribution in [-0.2, 0) is 9.84 Å². The summed E-state index contributed by atoms with van der Waals surface area (Å²) in [4.78, 5) is 0.129. The van der Waals surface area contributed by atoms with Gasteiger partial charge in [0.2, 0.25) is 9.84 Å². The maximum atomic E-state index is 12.5. The van der Waals surface area contributed by atoms with Gasteiger partial charge in [-0.3, -0.25) is 0 Å². The molecule has 0 aliphatic carbocycles. The summed E-state index contributed by atoms with van der Waals surface area (Å²) in [5.74, 6) is 0.812. The van der Waals surface area contributed by atoms with Crippen molar-refractivity contribution in [3.63, 3.8) is 0 Å². The molecule has 0 saturated carbocycles. The van der Waals surface area contributed by atoms with Crippen molar-refractivity contribution in [3.8, 4) is 11.5 Å². The lowest BCUT2D eigenvalue weighted by atomic mass is 10.3. The molecule has 0 unspecified atom stereocenters. The van der Waals surface area contributed by atoms with Crippen molar-refractivity contribution in [2.24, 2.45) is 0 Å². The Bertz CT molecular complexity index is 713. The average Bonchev–Trinajstić information content (AvgIpc) is 2.47. The molecule has 0 N–H and O–H groups in total. The lowest BCUT2D eigenvalue weighted by Gasteiger charge is -2.09. The predicted octanol–water partition coefficient (Wildman–Crippen LogP) is 3.84. The van der Waals surface area contributed by atoms with Gasteiger partial charge in [0.25, 0.3) is 0 Å². The number of benzene rings is 2. The lowest BCUT2D eigenvalue weighted by Crippen LogP contribution is -2.02. The Balaban J connectivity index is 2.51. The Labute approximate surface area is 133 Å². The van der Waals surface area contributed by atoms with E-state index >= 15 is 0 Å². The van der Waals surface area contributed by atoms with Crippen molar-refractivity contribution in [1.82, 2.24) is 0 Å². The molecule has 0 bridgehead atoms. The van der Waals surface area contributed by atoms with E-state index in [9.17, 15) is 8.42 Å². The summed E-state index contributed by atoms with van der Waals surface area (Å²) in [5, 5.41) is 0.441. The minimum absolute atomic E-state index is 0.0644. The van der Waals surface area contributed by atoms with Gasteiger partial charge in [-0.05, 0) is 36.4 Å². The number of hydrogen-bond acceptors (Lipinski definition) is 4. The topological polar surface area (TPSA) is 52.6 Å². The van der Waals surface area contributed by atoms with Crippen molar-refractivity contribution < 1.29 is 17.9 Å². The molecule has 21 heavy (non-hydrogen) atoms. The highest BCUT2D eigenvalue weighted by atomic mass is 35.5. The summed E-state index contributed by atoms with van der Waals surface area (Å²) in [5.41, 5.74) is 0. The van der Waals surface area contributed by atoms with Crippen molar-refractivity contribution in [3.05, 3.63) is 46.4 Å². The van der Waals surface area contributed by atoms with Crippen LogP contribution in [0.3, 0.4) is 0 Å². The summed E-state index contributed by atoms with van der Waals surface area (Å²) < 4.78 is 35.1. The molecule has 2 rings (SSSR count). The van der Waals surface area contributed by atoms with Crippen LogP contribution in [0.5, 0.6) is 11.5 Å². The van der Waals surface area contributed by atoms with E-state index in [-0.39, 0.29) is 19.8 Å². The second kappa shape index (κ2) is 6.13. The summed E-state index contributed by atoms with van der Waals surface area (Å²) >= 11 is 11.9. The van der Waals surface area contributed by atoms with Crippen molar-refractivity contribution in [1.29, 1.82) is 0 Å². The maximum Gasteiger partial charge on any atom is 0.206 e. The van der Waals surface area contributed by atoms with Crippen LogP contribution in [0.4, 0.5) is 0 Å². The third kappa shape index (κ3) is 3.10. The van der Waals surface area contributed by atoms with Gasteiger partial charge in [0, 0.05) is 0 Å². The molecule has 0 heterocycles. The van der Waals surface area contributed by atoms with E-state index < -0.39 is 9.84 Å². The fraction of sp³-hybridized carbons (Fsp3) is 0.143. The van der Waals surface area contributed by atoms with Crippen LogP contribution in [0, 0.1) is 0 Å². The van der Waals surface area contributed by atoms with E-state index in [0.717, 1.165) is 0 Å². The van der Waals surface area contributed by atoms with Crippen LogP contribution in [-0.4, -0.2) is 22.6 Å². The largest absolute Gasteiger partial charge is 0.495 e. The third-order valence-electron chi connectivity index (χ3n) is 2.87. The van der Waals surface area contributed by atoms with Crippen LogP contribution in [0.25, 0.3) is 0 Å². The van der Waals surface area contributed by atoms with Gasteiger partial charge in [-0.15, -0.1) is 0 Å². The molecular formula is C14H12Cl2O4S. The minimum atomic E-state index is -3.71. The first-order valence-electron chi connectivity index (χ1n) is 5.82. The zero-order valence-electron chi connectivity index (χ0n) is 11.3. The highest BCUT2D eigenvalue weighted by Crippen LogP contribution is 2.32. The SMILES string of the molecule is COc1ccc(S(=O)(=O)c2ccc(OC)c(Cl)c2)cc1Cl. The van der Waals surface area contributed by atoms with E-state index in [1.54, 1.807) is 0 Å². The number of halogens is 2. The molecule has 0 spiro atoms. The highest BCUT2D eigenvalue weighted by Gasteiger charge is 2.20. The molecular weight excluding hydrogens is 335 g/mol. The van der Waals surface area contributed by atoms with E-state index in [0.29, 0.717) is 11.5 Å². The quantitative estimate of drug-likeness (QED) is 0.843. The van der Waals surface area contributed by atoms with Crippen LogP contribution in [0.15, 0.2) is 46.2 Å². The Hall–Kier alpha value is -1.43. The first kappa shape index (κ1) is 15.9. The standard InChI is InChI=1S/C14H12Cl2O4S/c1-19-13-5-3-9(7-11(13)15)21(17,18)10-4-6-14(20-2)12(16)8-10/h3-8H,1-2H3.